The van der Waals surface area contributed by atoms with Crippen molar-refractivity contribution in [3.63, 3.8) is 0 Å². The van der Waals surface area contributed by atoms with Crippen LogP contribution < -0.4 is 5.32 Å². The smallest absolute Gasteiger partial charge is 0.241 e. The zero-order valence-electron chi connectivity index (χ0n) is 11.2. The second kappa shape index (κ2) is 4.09. The lowest BCUT2D eigenvalue weighted by molar-refractivity contribution is -0.130. The number of nitrogens with one attached hydrogen (secondary N) is 1. The van der Waals surface area contributed by atoms with Crippen LogP contribution in [-0.4, -0.2) is 22.9 Å². The molecule has 1 amide bonds. The van der Waals surface area contributed by atoms with E-state index in [1.54, 1.807) is 0 Å². The van der Waals surface area contributed by atoms with Crippen LogP contribution >= 0.6 is 0 Å². The average Bonchev–Trinajstić information content (AvgIpc) is 2.98. The van der Waals surface area contributed by atoms with E-state index in [4.69, 9.17) is 0 Å². The van der Waals surface area contributed by atoms with Crippen LogP contribution in [0.3, 0.4) is 0 Å². The van der Waals surface area contributed by atoms with Gasteiger partial charge in [-0.15, -0.1) is 0 Å². The average molecular weight is 244 g/mol. The van der Waals surface area contributed by atoms with Crippen molar-refractivity contribution < 1.29 is 4.79 Å². The molecular formula is C15H20N2O. The second-order valence-corrected chi connectivity index (χ2v) is 5.73. The van der Waals surface area contributed by atoms with Gasteiger partial charge in [0.05, 0.1) is 6.04 Å². The monoisotopic (exact) mass is 244 g/mol. The molecule has 3 rings (SSSR count). The minimum Gasteiger partial charge on any atom is -0.318 e. The Balaban J connectivity index is 1.90. The van der Waals surface area contributed by atoms with Gasteiger partial charge < -0.3 is 4.90 Å². The number of hydrogen-bond acceptors (Lipinski definition) is 2. The molecule has 1 N–H and O–H groups in total. The van der Waals surface area contributed by atoms with E-state index in [1.165, 1.54) is 11.1 Å². The summed E-state index contributed by atoms with van der Waals surface area (Å²) in [6.07, 6.45) is 1.20. The van der Waals surface area contributed by atoms with Crippen molar-refractivity contribution >= 4 is 5.91 Å². The molecule has 1 aromatic rings. The van der Waals surface area contributed by atoms with Gasteiger partial charge in [0.25, 0.3) is 0 Å². The quantitative estimate of drug-likeness (QED) is 0.865. The number of benzene rings is 1. The van der Waals surface area contributed by atoms with Gasteiger partial charge in [-0.3, -0.25) is 10.1 Å². The fourth-order valence-electron chi connectivity index (χ4n) is 2.79. The maximum atomic E-state index is 12.2. The van der Waals surface area contributed by atoms with Crippen LogP contribution in [0.1, 0.15) is 37.6 Å². The van der Waals surface area contributed by atoms with Crippen LogP contribution in [0, 0.1) is 12.8 Å². The molecule has 2 aliphatic rings. The van der Waals surface area contributed by atoms with E-state index in [0.29, 0.717) is 12.0 Å². The molecule has 4 unspecified atom stereocenters. The molecule has 3 nitrogen and oxygen atoms in total. The van der Waals surface area contributed by atoms with Crippen molar-refractivity contribution in [2.24, 2.45) is 5.92 Å². The Morgan fingerprint density at radius 2 is 1.83 bits per heavy atom. The van der Waals surface area contributed by atoms with Crippen molar-refractivity contribution in [3.8, 4) is 0 Å². The topological polar surface area (TPSA) is 32.3 Å². The fraction of sp³-hybridized carbons (Fsp3) is 0.533. The first-order valence-corrected chi connectivity index (χ1v) is 6.72. The van der Waals surface area contributed by atoms with Crippen molar-refractivity contribution in [1.82, 2.24) is 10.2 Å². The van der Waals surface area contributed by atoms with Crippen LogP contribution in [0.5, 0.6) is 0 Å². The molecule has 3 heteroatoms. The first-order chi connectivity index (χ1) is 8.58. The molecule has 1 heterocycles. The maximum absolute atomic E-state index is 12.2. The third kappa shape index (κ3) is 1.83. The van der Waals surface area contributed by atoms with E-state index in [1.807, 2.05) is 6.92 Å². The van der Waals surface area contributed by atoms with Gasteiger partial charge in [-0.2, -0.15) is 0 Å². The number of rotatable bonds is 2. The molecule has 0 spiro atoms. The molecule has 1 aliphatic heterocycles. The van der Waals surface area contributed by atoms with Crippen LogP contribution in [0.2, 0.25) is 0 Å². The van der Waals surface area contributed by atoms with Gasteiger partial charge in [0, 0.05) is 6.04 Å². The molecule has 96 valence electrons. The number of carbonyl (C=O) groups excluding carboxylic acids is 1. The molecule has 1 saturated carbocycles. The molecule has 1 aliphatic carbocycles. The predicted molar refractivity (Wildman–Crippen MR) is 70.9 cm³/mol. The lowest BCUT2D eigenvalue weighted by Gasteiger charge is -2.25. The third-order valence-corrected chi connectivity index (χ3v) is 4.13. The molecule has 1 aromatic carbocycles. The highest BCUT2D eigenvalue weighted by Gasteiger charge is 2.48. The highest BCUT2D eigenvalue weighted by molar-refractivity contribution is 5.84. The van der Waals surface area contributed by atoms with Crippen LogP contribution in [0.25, 0.3) is 0 Å². The standard InChI is InChI=1S/C15H20N2O/c1-9-4-6-12(7-5-9)14-16-11(3)15(18)17(14)13-8-10(13)2/h4-7,10-11,13-14,16H,8H2,1-3H3. The summed E-state index contributed by atoms with van der Waals surface area (Å²) in [5.74, 6) is 0.893. The largest absolute Gasteiger partial charge is 0.318 e. The molecule has 1 saturated heterocycles. The predicted octanol–water partition coefficient (Wildman–Crippen LogP) is 2.22. The minimum absolute atomic E-state index is 0.0584. The van der Waals surface area contributed by atoms with Crippen molar-refractivity contribution in [2.45, 2.75) is 45.4 Å². The zero-order chi connectivity index (χ0) is 12.9. The van der Waals surface area contributed by atoms with Gasteiger partial charge in [0.15, 0.2) is 0 Å². The SMILES string of the molecule is Cc1ccc(C2NC(C)C(=O)N2C2CC2C)cc1. The lowest BCUT2D eigenvalue weighted by Crippen LogP contribution is -2.33. The summed E-state index contributed by atoms with van der Waals surface area (Å²) in [7, 11) is 0. The molecule has 2 fully saturated rings. The normalized spacial score (nSPS) is 35.1. The summed E-state index contributed by atoms with van der Waals surface area (Å²) in [5, 5.41) is 3.41. The highest BCUT2D eigenvalue weighted by Crippen LogP contribution is 2.41. The van der Waals surface area contributed by atoms with Crippen LogP contribution in [0.15, 0.2) is 24.3 Å². The first kappa shape index (κ1) is 11.7. The number of nitrogens with zero attached hydrogens (tertiary/aromatic N) is 1. The van der Waals surface area contributed by atoms with E-state index in [2.05, 4.69) is 48.3 Å². The highest BCUT2D eigenvalue weighted by atomic mass is 16.2. The van der Waals surface area contributed by atoms with Crippen molar-refractivity contribution in [1.29, 1.82) is 0 Å². The van der Waals surface area contributed by atoms with Crippen LogP contribution in [-0.2, 0) is 4.79 Å². The fourth-order valence-corrected chi connectivity index (χ4v) is 2.79. The molecule has 0 aromatic heterocycles. The van der Waals surface area contributed by atoms with E-state index >= 15 is 0 Å². The summed E-state index contributed by atoms with van der Waals surface area (Å²) >= 11 is 0. The molecular weight excluding hydrogens is 224 g/mol. The third-order valence-electron chi connectivity index (χ3n) is 4.13. The van der Waals surface area contributed by atoms with E-state index in [-0.39, 0.29) is 18.1 Å². The van der Waals surface area contributed by atoms with Crippen molar-refractivity contribution in [3.05, 3.63) is 35.4 Å². The number of carbonyl (C=O) groups is 1. The van der Waals surface area contributed by atoms with E-state index in [0.717, 1.165) is 6.42 Å². The van der Waals surface area contributed by atoms with Gasteiger partial charge >= 0.3 is 0 Å². The van der Waals surface area contributed by atoms with Crippen molar-refractivity contribution in [2.75, 3.05) is 0 Å². The Morgan fingerprint density at radius 3 is 2.39 bits per heavy atom. The Kier molecular flexibility index (Phi) is 2.67. The van der Waals surface area contributed by atoms with Crippen LogP contribution in [0.4, 0.5) is 0 Å². The summed E-state index contributed by atoms with van der Waals surface area (Å²) in [6, 6.07) is 8.83. The summed E-state index contributed by atoms with van der Waals surface area (Å²) in [6.45, 7) is 6.25. The molecule has 4 atom stereocenters. The van der Waals surface area contributed by atoms with Gasteiger partial charge in [0.1, 0.15) is 6.17 Å². The Hall–Kier alpha value is -1.35. The molecule has 0 radical (unpaired) electrons. The lowest BCUT2D eigenvalue weighted by atomic mass is 10.1. The summed E-state index contributed by atoms with van der Waals surface area (Å²) in [5.41, 5.74) is 2.44. The molecule has 18 heavy (non-hydrogen) atoms. The Morgan fingerprint density at radius 1 is 1.22 bits per heavy atom. The van der Waals surface area contributed by atoms with Gasteiger partial charge in [-0.05, 0) is 31.7 Å². The number of amides is 1. The Bertz CT molecular complexity index is 468. The summed E-state index contributed by atoms with van der Waals surface area (Å²) < 4.78 is 0. The number of aryl methyl sites for hydroxylation is 1. The van der Waals surface area contributed by atoms with E-state index < -0.39 is 0 Å². The number of hydrogen-bond donors (Lipinski definition) is 1. The van der Waals surface area contributed by atoms with Gasteiger partial charge in [0.2, 0.25) is 5.91 Å². The van der Waals surface area contributed by atoms with E-state index in [9.17, 15) is 4.79 Å². The van der Waals surface area contributed by atoms with Gasteiger partial charge in [-0.25, -0.2) is 0 Å². The summed E-state index contributed by atoms with van der Waals surface area (Å²) in [4.78, 5) is 14.3. The second-order valence-electron chi connectivity index (χ2n) is 5.73. The first-order valence-electron chi connectivity index (χ1n) is 6.72. The van der Waals surface area contributed by atoms with Gasteiger partial charge in [-0.1, -0.05) is 36.8 Å². The Labute approximate surface area is 108 Å². The maximum Gasteiger partial charge on any atom is 0.241 e. The minimum atomic E-state index is -0.0656. The zero-order valence-corrected chi connectivity index (χ0v) is 11.2. The molecule has 0 bridgehead atoms.